The van der Waals surface area contributed by atoms with Crippen LogP contribution in [0.3, 0.4) is 0 Å². The van der Waals surface area contributed by atoms with Gasteiger partial charge in [0.15, 0.2) is 5.78 Å². The Bertz CT molecular complexity index is 838. The zero-order valence-electron chi connectivity index (χ0n) is 12.4. The number of ketones is 1. The second-order valence-corrected chi connectivity index (χ2v) is 6.62. The third-order valence-electron chi connectivity index (χ3n) is 3.24. The van der Waals surface area contributed by atoms with Crippen molar-refractivity contribution in [3.8, 4) is 10.6 Å². The molecule has 0 aliphatic heterocycles. The third kappa shape index (κ3) is 3.72. The van der Waals surface area contributed by atoms with Crippen LogP contribution in [0.15, 0.2) is 46.5 Å². The average molecular weight is 342 g/mol. The zero-order valence-corrected chi connectivity index (χ0v) is 14.0. The Hall–Kier alpha value is -2.31. The van der Waals surface area contributed by atoms with Crippen molar-refractivity contribution >= 4 is 40.1 Å². The number of aromatic nitrogens is 1. The fourth-order valence-electron chi connectivity index (χ4n) is 2.16. The number of anilines is 1. The molecule has 1 aromatic carbocycles. The minimum absolute atomic E-state index is 0.0747. The lowest BCUT2D eigenvalue weighted by molar-refractivity contribution is -0.115. The number of nitrogens with zero attached hydrogens (tertiary/aromatic N) is 1. The fourth-order valence-corrected chi connectivity index (χ4v) is 3.70. The molecule has 0 aliphatic carbocycles. The number of para-hydroxylation sites is 1. The molecule has 4 nitrogen and oxygen atoms in total. The molecule has 0 aliphatic rings. The quantitative estimate of drug-likeness (QED) is 0.705. The minimum Gasteiger partial charge on any atom is -0.325 e. The van der Waals surface area contributed by atoms with E-state index in [0.717, 1.165) is 16.3 Å². The molecule has 0 unspecified atom stereocenters. The van der Waals surface area contributed by atoms with Crippen LogP contribution in [0.1, 0.15) is 23.0 Å². The van der Waals surface area contributed by atoms with Crippen molar-refractivity contribution in [1.82, 2.24) is 4.98 Å². The summed E-state index contributed by atoms with van der Waals surface area (Å²) < 4.78 is 0. The highest BCUT2D eigenvalue weighted by molar-refractivity contribution is 7.14. The molecule has 1 N–H and O–H groups in total. The summed E-state index contributed by atoms with van der Waals surface area (Å²) in [5, 5.41) is 9.63. The Morgan fingerprint density at radius 3 is 2.74 bits per heavy atom. The lowest BCUT2D eigenvalue weighted by Gasteiger charge is -2.08. The van der Waals surface area contributed by atoms with E-state index in [1.165, 1.54) is 18.3 Å². The number of hydrogen-bond acceptors (Lipinski definition) is 5. The van der Waals surface area contributed by atoms with Crippen molar-refractivity contribution in [2.45, 2.75) is 13.3 Å². The van der Waals surface area contributed by atoms with Crippen LogP contribution in [-0.4, -0.2) is 16.7 Å². The van der Waals surface area contributed by atoms with E-state index >= 15 is 0 Å². The van der Waals surface area contributed by atoms with Gasteiger partial charge in [-0.3, -0.25) is 9.59 Å². The summed E-state index contributed by atoms with van der Waals surface area (Å²) in [6.45, 7) is 1.48. The van der Waals surface area contributed by atoms with Crippen LogP contribution in [0.4, 0.5) is 5.69 Å². The Kier molecular flexibility index (Phi) is 4.64. The van der Waals surface area contributed by atoms with E-state index in [1.54, 1.807) is 35.6 Å². The second kappa shape index (κ2) is 6.85. The number of thiophene rings is 1. The molecule has 2 heterocycles. The van der Waals surface area contributed by atoms with Gasteiger partial charge in [-0.15, -0.1) is 11.3 Å². The first kappa shape index (κ1) is 15.6. The molecule has 3 rings (SSSR count). The van der Waals surface area contributed by atoms with Gasteiger partial charge >= 0.3 is 0 Å². The third-order valence-corrected chi connectivity index (χ3v) is 4.87. The van der Waals surface area contributed by atoms with Gasteiger partial charge in [-0.1, -0.05) is 12.1 Å². The smallest absolute Gasteiger partial charge is 0.230 e. The number of nitrogens with one attached hydrogen (secondary N) is 1. The van der Waals surface area contributed by atoms with Crippen LogP contribution in [-0.2, 0) is 11.2 Å². The number of carbonyl (C=O) groups is 2. The lowest BCUT2D eigenvalue weighted by Crippen LogP contribution is -2.16. The number of thiazole rings is 1. The molecule has 6 heteroatoms. The highest BCUT2D eigenvalue weighted by atomic mass is 32.1. The molecule has 0 saturated carbocycles. The Balaban J connectivity index is 1.70. The molecule has 0 radical (unpaired) electrons. The topological polar surface area (TPSA) is 59.1 Å². The van der Waals surface area contributed by atoms with Gasteiger partial charge in [0.1, 0.15) is 5.01 Å². The molecule has 0 spiro atoms. The van der Waals surface area contributed by atoms with Crippen LogP contribution >= 0.6 is 22.7 Å². The molecule has 116 valence electrons. The summed E-state index contributed by atoms with van der Waals surface area (Å²) in [5.41, 5.74) is 2.86. The van der Waals surface area contributed by atoms with Crippen molar-refractivity contribution in [3.63, 3.8) is 0 Å². The fraction of sp³-hybridized carbons (Fsp3) is 0.118. The van der Waals surface area contributed by atoms with E-state index in [4.69, 9.17) is 0 Å². The summed E-state index contributed by atoms with van der Waals surface area (Å²) in [6, 6.07) is 9.01. The standard InChI is InChI=1S/C17H14N2O2S2/c1-11(20)14-4-2-3-5-15(14)19-16(21)8-13-10-23-17(18-13)12-6-7-22-9-12/h2-7,9-10H,8H2,1H3,(H,19,21). The average Bonchev–Trinajstić information content (AvgIpc) is 3.18. The maximum Gasteiger partial charge on any atom is 0.230 e. The first-order chi connectivity index (χ1) is 11.1. The van der Waals surface area contributed by atoms with E-state index in [9.17, 15) is 9.59 Å². The first-order valence-electron chi connectivity index (χ1n) is 7.00. The predicted octanol–water partition coefficient (Wildman–Crippen LogP) is 4.26. The van der Waals surface area contributed by atoms with Crippen molar-refractivity contribution in [2.24, 2.45) is 0 Å². The van der Waals surface area contributed by atoms with E-state index in [1.807, 2.05) is 22.2 Å². The van der Waals surface area contributed by atoms with Gasteiger partial charge in [0.05, 0.1) is 17.8 Å². The van der Waals surface area contributed by atoms with Crippen LogP contribution in [0, 0.1) is 0 Å². The van der Waals surface area contributed by atoms with Gasteiger partial charge in [0.2, 0.25) is 5.91 Å². The lowest BCUT2D eigenvalue weighted by atomic mass is 10.1. The first-order valence-corrected chi connectivity index (χ1v) is 8.82. The molecule has 1 amide bonds. The van der Waals surface area contributed by atoms with Gasteiger partial charge in [0.25, 0.3) is 0 Å². The van der Waals surface area contributed by atoms with Crippen molar-refractivity contribution in [3.05, 3.63) is 57.7 Å². The Morgan fingerprint density at radius 1 is 1.17 bits per heavy atom. The summed E-state index contributed by atoms with van der Waals surface area (Å²) >= 11 is 3.14. The molecule has 0 atom stereocenters. The van der Waals surface area contributed by atoms with Crippen LogP contribution in [0.2, 0.25) is 0 Å². The van der Waals surface area contributed by atoms with E-state index < -0.39 is 0 Å². The molecule has 0 saturated heterocycles. The number of hydrogen-bond donors (Lipinski definition) is 1. The Morgan fingerprint density at radius 2 is 2.00 bits per heavy atom. The van der Waals surface area contributed by atoms with E-state index in [-0.39, 0.29) is 18.1 Å². The summed E-state index contributed by atoms with van der Waals surface area (Å²) in [6.07, 6.45) is 0.187. The van der Waals surface area contributed by atoms with Crippen molar-refractivity contribution in [1.29, 1.82) is 0 Å². The predicted molar refractivity (Wildman–Crippen MR) is 94.2 cm³/mol. The SMILES string of the molecule is CC(=O)c1ccccc1NC(=O)Cc1csc(-c2ccsc2)n1. The maximum atomic E-state index is 12.2. The highest BCUT2D eigenvalue weighted by Gasteiger charge is 2.12. The Labute approximate surface area is 141 Å². The van der Waals surface area contributed by atoms with Crippen molar-refractivity contribution < 1.29 is 9.59 Å². The molecule has 0 fully saturated rings. The second-order valence-electron chi connectivity index (χ2n) is 4.98. The van der Waals surface area contributed by atoms with Gasteiger partial charge in [0, 0.05) is 21.9 Å². The molecular weight excluding hydrogens is 328 g/mol. The van der Waals surface area contributed by atoms with Gasteiger partial charge in [-0.25, -0.2) is 4.98 Å². The molecule has 3 aromatic rings. The number of benzene rings is 1. The molecular formula is C17H14N2O2S2. The molecule has 2 aromatic heterocycles. The highest BCUT2D eigenvalue weighted by Crippen LogP contribution is 2.26. The summed E-state index contributed by atoms with van der Waals surface area (Å²) in [5.74, 6) is -0.254. The number of Topliss-reactive ketones (excluding diaryl/α,β-unsaturated/α-hetero) is 1. The normalized spacial score (nSPS) is 10.5. The van der Waals surface area contributed by atoms with Crippen molar-refractivity contribution in [2.75, 3.05) is 5.32 Å². The van der Waals surface area contributed by atoms with Gasteiger partial charge < -0.3 is 5.32 Å². The molecule has 23 heavy (non-hydrogen) atoms. The number of amides is 1. The molecule has 0 bridgehead atoms. The van der Waals surface area contributed by atoms with Gasteiger partial charge in [-0.05, 0) is 30.5 Å². The van der Waals surface area contributed by atoms with Crippen LogP contribution in [0.25, 0.3) is 10.6 Å². The van der Waals surface area contributed by atoms with Crippen LogP contribution in [0.5, 0.6) is 0 Å². The largest absolute Gasteiger partial charge is 0.325 e. The van der Waals surface area contributed by atoms with Gasteiger partial charge in [-0.2, -0.15) is 11.3 Å². The summed E-state index contributed by atoms with van der Waals surface area (Å²) in [4.78, 5) is 28.3. The number of rotatable bonds is 5. The minimum atomic E-state index is -0.180. The zero-order chi connectivity index (χ0) is 16.2. The monoisotopic (exact) mass is 342 g/mol. The van der Waals surface area contributed by atoms with E-state index in [0.29, 0.717) is 11.3 Å². The summed E-state index contributed by atoms with van der Waals surface area (Å²) in [7, 11) is 0. The van der Waals surface area contributed by atoms with E-state index in [2.05, 4.69) is 10.3 Å². The maximum absolute atomic E-state index is 12.2. The number of carbonyl (C=O) groups excluding carboxylic acids is 2. The van der Waals surface area contributed by atoms with Crippen LogP contribution < -0.4 is 5.32 Å².